The molecule has 1 N–H and O–H groups in total. The maximum atomic E-state index is 12.6. The molecule has 102 valence electrons. The van der Waals surface area contributed by atoms with Crippen LogP contribution in [-0.2, 0) is 4.79 Å². The van der Waals surface area contributed by atoms with Gasteiger partial charge in [-0.2, -0.15) is 0 Å². The highest BCUT2D eigenvalue weighted by atomic mass is 35.5. The molecule has 0 spiro atoms. The van der Waals surface area contributed by atoms with Crippen molar-refractivity contribution >= 4 is 23.4 Å². The van der Waals surface area contributed by atoms with Crippen LogP contribution in [0.25, 0.3) is 0 Å². The fraction of sp³-hybridized carbons (Fsp3) is 0.429. The van der Waals surface area contributed by atoms with Gasteiger partial charge in [0, 0.05) is 23.7 Å². The number of piperazine rings is 1. The van der Waals surface area contributed by atoms with Crippen molar-refractivity contribution in [1.29, 1.82) is 0 Å². The van der Waals surface area contributed by atoms with Crippen molar-refractivity contribution in [2.45, 2.75) is 26.3 Å². The van der Waals surface area contributed by atoms with Crippen LogP contribution in [0.1, 0.15) is 29.8 Å². The molecule has 0 atom stereocenters. The number of aryl methyl sites for hydroxylation is 1. The van der Waals surface area contributed by atoms with Gasteiger partial charge in [0.05, 0.1) is 0 Å². The van der Waals surface area contributed by atoms with Crippen LogP contribution in [0.2, 0.25) is 5.02 Å². The first-order valence-electron chi connectivity index (χ1n) is 6.20. The molecule has 0 saturated carbocycles. The lowest BCUT2D eigenvalue weighted by molar-refractivity contribution is -0.133. The summed E-state index contributed by atoms with van der Waals surface area (Å²) in [5, 5.41) is 3.30. The van der Waals surface area contributed by atoms with Crippen LogP contribution in [-0.4, -0.2) is 35.3 Å². The second-order valence-electron chi connectivity index (χ2n) is 5.23. The molecule has 1 aromatic rings. The molecule has 19 heavy (non-hydrogen) atoms. The summed E-state index contributed by atoms with van der Waals surface area (Å²) in [6.07, 6.45) is 0. The van der Waals surface area contributed by atoms with Gasteiger partial charge in [-0.15, -0.1) is 0 Å². The van der Waals surface area contributed by atoms with Crippen LogP contribution in [0, 0.1) is 6.92 Å². The molecule has 2 amide bonds. The molecule has 2 rings (SSSR count). The maximum Gasteiger partial charge on any atom is 0.255 e. The Hall–Kier alpha value is -1.55. The monoisotopic (exact) mass is 280 g/mol. The first-order chi connectivity index (χ1) is 8.84. The first kappa shape index (κ1) is 13.9. The normalized spacial score (nSPS) is 18.1. The Labute approximate surface area is 117 Å². The molecule has 1 fully saturated rings. The topological polar surface area (TPSA) is 49.4 Å². The molecule has 0 aromatic heterocycles. The number of amides is 2. The van der Waals surface area contributed by atoms with Crippen LogP contribution < -0.4 is 5.32 Å². The van der Waals surface area contributed by atoms with Crippen molar-refractivity contribution in [1.82, 2.24) is 10.2 Å². The van der Waals surface area contributed by atoms with Crippen molar-refractivity contribution in [2.24, 2.45) is 0 Å². The van der Waals surface area contributed by atoms with Crippen LogP contribution in [0.5, 0.6) is 0 Å². The predicted molar refractivity (Wildman–Crippen MR) is 74.3 cm³/mol. The van der Waals surface area contributed by atoms with Gasteiger partial charge in [-0.05, 0) is 38.5 Å². The van der Waals surface area contributed by atoms with E-state index in [1.165, 1.54) is 0 Å². The number of halogens is 1. The second-order valence-corrected chi connectivity index (χ2v) is 5.67. The summed E-state index contributed by atoms with van der Waals surface area (Å²) >= 11 is 5.95. The van der Waals surface area contributed by atoms with Crippen molar-refractivity contribution in [3.8, 4) is 0 Å². The van der Waals surface area contributed by atoms with E-state index in [2.05, 4.69) is 5.32 Å². The zero-order valence-corrected chi connectivity index (χ0v) is 12.0. The highest BCUT2D eigenvalue weighted by Crippen LogP contribution is 2.23. The summed E-state index contributed by atoms with van der Waals surface area (Å²) in [5.74, 6) is -0.286. The van der Waals surface area contributed by atoms with E-state index in [-0.39, 0.29) is 11.8 Å². The largest absolute Gasteiger partial charge is 0.352 e. The minimum Gasteiger partial charge on any atom is -0.352 e. The zero-order valence-electron chi connectivity index (χ0n) is 11.3. The lowest BCUT2D eigenvalue weighted by atomic mass is 9.96. The molecule has 1 aliphatic heterocycles. The van der Waals surface area contributed by atoms with E-state index < -0.39 is 5.54 Å². The van der Waals surface area contributed by atoms with Gasteiger partial charge in [0.25, 0.3) is 5.91 Å². The molecule has 5 heteroatoms. The summed E-state index contributed by atoms with van der Waals surface area (Å²) in [7, 11) is 0. The standard InChI is InChI=1S/C14H17ClN2O2/c1-9-4-5-10(15)8-11(9)12(18)17-7-6-16-13(19)14(17,2)3/h4-5,8H,6-7H2,1-3H3,(H,16,19). The summed E-state index contributed by atoms with van der Waals surface area (Å²) in [4.78, 5) is 26.1. The number of rotatable bonds is 1. The Balaban J connectivity index is 2.38. The Kier molecular flexibility index (Phi) is 3.54. The van der Waals surface area contributed by atoms with Gasteiger partial charge in [-0.25, -0.2) is 0 Å². The smallest absolute Gasteiger partial charge is 0.255 e. The average molecular weight is 281 g/mol. The Morgan fingerprint density at radius 1 is 1.42 bits per heavy atom. The predicted octanol–water partition coefficient (Wildman–Crippen LogP) is 2.00. The number of hydrogen-bond acceptors (Lipinski definition) is 2. The van der Waals surface area contributed by atoms with Crippen molar-refractivity contribution in [3.63, 3.8) is 0 Å². The van der Waals surface area contributed by atoms with E-state index in [9.17, 15) is 9.59 Å². The Morgan fingerprint density at radius 3 is 2.79 bits per heavy atom. The third-order valence-corrected chi connectivity index (χ3v) is 3.76. The fourth-order valence-electron chi connectivity index (χ4n) is 2.23. The molecule has 0 radical (unpaired) electrons. The van der Waals surface area contributed by atoms with E-state index in [0.717, 1.165) is 5.56 Å². The molecule has 1 heterocycles. The number of carbonyl (C=O) groups excluding carboxylic acids is 2. The van der Waals surface area contributed by atoms with Gasteiger partial charge in [0.1, 0.15) is 5.54 Å². The Bertz CT molecular complexity index is 540. The van der Waals surface area contributed by atoms with Crippen molar-refractivity contribution in [2.75, 3.05) is 13.1 Å². The number of hydrogen-bond donors (Lipinski definition) is 1. The lowest BCUT2D eigenvalue weighted by Crippen LogP contribution is -2.63. The van der Waals surface area contributed by atoms with Gasteiger partial charge in [-0.1, -0.05) is 17.7 Å². The number of benzene rings is 1. The summed E-state index contributed by atoms with van der Waals surface area (Å²) in [5.41, 5.74) is 0.566. The molecular formula is C14H17ClN2O2. The molecular weight excluding hydrogens is 264 g/mol. The minimum atomic E-state index is -0.843. The highest BCUT2D eigenvalue weighted by molar-refractivity contribution is 6.31. The summed E-state index contributed by atoms with van der Waals surface area (Å²) in [6, 6.07) is 5.22. The third-order valence-electron chi connectivity index (χ3n) is 3.53. The van der Waals surface area contributed by atoms with E-state index in [1.54, 1.807) is 30.9 Å². The lowest BCUT2D eigenvalue weighted by Gasteiger charge is -2.41. The SMILES string of the molecule is Cc1ccc(Cl)cc1C(=O)N1CCNC(=O)C1(C)C. The molecule has 4 nitrogen and oxygen atoms in total. The zero-order chi connectivity index (χ0) is 14.2. The van der Waals surface area contributed by atoms with Crippen molar-refractivity contribution < 1.29 is 9.59 Å². The van der Waals surface area contributed by atoms with Gasteiger partial charge >= 0.3 is 0 Å². The van der Waals surface area contributed by atoms with Crippen LogP contribution in [0.3, 0.4) is 0 Å². The third kappa shape index (κ3) is 2.45. The minimum absolute atomic E-state index is 0.133. The molecule has 1 saturated heterocycles. The molecule has 1 aromatic carbocycles. The summed E-state index contributed by atoms with van der Waals surface area (Å²) < 4.78 is 0. The van der Waals surface area contributed by atoms with Crippen molar-refractivity contribution in [3.05, 3.63) is 34.3 Å². The van der Waals surface area contributed by atoms with E-state index in [1.807, 2.05) is 13.0 Å². The fourth-order valence-corrected chi connectivity index (χ4v) is 2.40. The van der Waals surface area contributed by atoms with Crippen LogP contribution in [0.4, 0.5) is 0 Å². The highest BCUT2D eigenvalue weighted by Gasteiger charge is 2.40. The van der Waals surface area contributed by atoms with Gasteiger partial charge < -0.3 is 10.2 Å². The van der Waals surface area contributed by atoms with E-state index >= 15 is 0 Å². The summed E-state index contributed by atoms with van der Waals surface area (Å²) in [6.45, 7) is 6.34. The Morgan fingerprint density at radius 2 is 2.11 bits per heavy atom. The molecule has 0 aliphatic carbocycles. The maximum absolute atomic E-state index is 12.6. The van der Waals surface area contributed by atoms with Crippen LogP contribution >= 0.6 is 11.6 Å². The number of nitrogens with zero attached hydrogens (tertiary/aromatic N) is 1. The second kappa shape index (κ2) is 4.85. The number of carbonyl (C=O) groups is 2. The van der Waals surface area contributed by atoms with Crippen LogP contribution in [0.15, 0.2) is 18.2 Å². The molecule has 0 bridgehead atoms. The quantitative estimate of drug-likeness (QED) is 0.855. The van der Waals surface area contributed by atoms with E-state index in [4.69, 9.17) is 11.6 Å². The number of nitrogens with one attached hydrogen (secondary N) is 1. The van der Waals surface area contributed by atoms with Gasteiger partial charge in [0.2, 0.25) is 5.91 Å². The molecule has 1 aliphatic rings. The first-order valence-corrected chi connectivity index (χ1v) is 6.58. The molecule has 0 unspecified atom stereocenters. The van der Waals surface area contributed by atoms with E-state index in [0.29, 0.717) is 23.7 Å². The van der Waals surface area contributed by atoms with Gasteiger partial charge in [0.15, 0.2) is 0 Å². The van der Waals surface area contributed by atoms with Gasteiger partial charge in [-0.3, -0.25) is 9.59 Å². The average Bonchev–Trinajstić information content (AvgIpc) is 2.35.